The normalized spacial score (nSPS) is 19.0. The Kier molecular flexibility index (Phi) is 4.68. The van der Waals surface area contributed by atoms with Gasteiger partial charge >= 0.3 is 0 Å². The van der Waals surface area contributed by atoms with E-state index >= 15 is 0 Å². The molecule has 0 fully saturated rings. The minimum atomic E-state index is 0.550. The fourth-order valence-electron chi connectivity index (χ4n) is 2.92. The van der Waals surface area contributed by atoms with Crippen LogP contribution in [-0.4, -0.2) is 43.8 Å². The quantitative estimate of drug-likeness (QED) is 0.915. The van der Waals surface area contributed by atoms with E-state index in [0.29, 0.717) is 17.9 Å². The average molecular weight is 300 g/mol. The maximum Gasteiger partial charge on any atom is 0.222 e. The van der Waals surface area contributed by atoms with Gasteiger partial charge in [0.1, 0.15) is 0 Å². The summed E-state index contributed by atoms with van der Waals surface area (Å²) < 4.78 is 2.16. The van der Waals surface area contributed by atoms with Gasteiger partial charge in [-0.3, -0.25) is 9.58 Å². The van der Waals surface area contributed by atoms with Gasteiger partial charge in [0.25, 0.3) is 0 Å². The van der Waals surface area contributed by atoms with Crippen LogP contribution in [0.15, 0.2) is 30.7 Å². The van der Waals surface area contributed by atoms with Gasteiger partial charge in [-0.25, -0.2) is 9.97 Å². The molecule has 3 heterocycles. The van der Waals surface area contributed by atoms with Crippen LogP contribution in [0.2, 0.25) is 0 Å². The summed E-state index contributed by atoms with van der Waals surface area (Å²) in [6, 6.07) is 4.51. The van der Waals surface area contributed by atoms with Crippen molar-refractivity contribution in [3.63, 3.8) is 0 Å². The van der Waals surface area contributed by atoms with Gasteiger partial charge in [0.2, 0.25) is 5.95 Å². The minimum absolute atomic E-state index is 0.550. The zero-order valence-corrected chi connectivity index (χ0v) is 13.3. The van der Waals surface area contributed by atoms with Crippen LogP contribution in [0.5, 0.6) is 0 Å². The molecule has 1 aliphatic rings. The highest BCUT2D eigenvalue weighted by Crippen LogP contribution is 2.20. The van der Waals surface area contributed by atoms with E-state index in [1.165, 1.54) is 5.69 Å². The molecule has 0 aliphatic carbocycles. The largest absolute Gasteiger partial charge is 0.354 e. The Hall–Kier alpha value is -1.95. The van der Waals surface area contributed by atoms with Crippen LogP contribution in [0.25, 0.3) is 0 Å². The smallest absolute Gasteiger partial charge is 0.222 e. The molecule has 0 spiro atoms. The SMILES string of the molecule is CC(C)N1Cc2ccnn2C[C@H](CCNc2ncccn2)C1. The van der Waals surface area contributed by atoms with E-state index in [0.717, 1.165) is 32.6 Å². The molecule has 0 radical (unpaired) electrons. The summed E-state index contributed by atoms with van der Waals surface area (Å²) in [5.41, 5.74) is 1.32. The summed E-state index contributed by atoms with van der Waals surface area (Å²) in [6.45, 7) is 8.50. The molecule has 1 N–H and O–H groups in total. The van der Waals surface area contributed by atoms with Gasteiger partial charge in [-0.2, -0.15) is 5.10 Å². The van der Waals surface area contributed by atoms with Gasteiger partial charge in [-0.1, -0.05) is 0 Å². The van der Waals surface area contributed by atoms with Crippen LogP contribution in [0.3, 0.4) is 0 Å². The van der Waals surface area contributed by atoms with E-state index < -0.39 is 0 Å². The molecule has 0 aromatic carbocycles. The van der Waals surface area contributed by atoms with Crippen molar-refractivity contribution in [2.45, 2.75) is 39.4 Å². The number of hydrogen-bond donors (Lipinski definition) is 1. The van der Waals surface area contributed by atoms with E-state index in [1.807, 2.05) is 12.3 Å². The first kappa shape index (κ1) is 15.0. The lowest BCUT2D eigenvalue weighted by Gasteiger charge is -2.27. The van der Waals surface area contributed by atoms with Crippen LogP contribution in [-0.2, 0) is 13.1 Å². The first-order valence-electron chi connectivity index (χ1n) is 7.98. The second kappa shape index (κ2) is 6.87. The molecule has 6 nitrogen and oxygen atoms in total. The zero-order valence-electron chi connectivity index (χ0n) is 13.3. The molecule has 0 bridgehead atoms. The minimum Gasteiger partial charge on any atom is -0.354 e. The van der Waals surface area contributed by atoms with E-state index in [4.69, 9.17) is 0 Å². The first-order valence-corrected chi connectivity index (χ1v) is 7.98. The second-order valence-electron chi connectivity index (χ2n) is 6.18. The van der Waals surface area contributed by atoms with Crippen molar-refractivity contribution >= 4 is 5.95 Å². The summed E-state index contributed by atoms with van der Waals surface area (Å²) in [5, 5.41) is 7.78. The third-order valence-electron chi connectivity index (χ3n) is 4.23. The Morgan fingerprint density at radius 1 is 1.23 bits per heavy atom. The van der Waals surface area contributed by atoms with Crippen molar-refractivity contribution in [2.75, 3.05) is 18.4 Å². The molecule has 6 heteroatoms. The molecule has 2 aromatic heterocycles. The molecular formula is C16H24N6. The molecular weight excluding hydrogens is 276 g/mol. The van der Waals surface area contributed by atoms with Gasteiger partial charge in [-0.05, 0) is 38.3 Å². The highest BCUT2D eigenvalue weighted by atomic mass is 15.3. The van der Waals surface area contributed by atoms with Crippen LogP contribution < -0.4 is 5.32 Å². The van der Waals surface area contributed by atoms with Crippen LogP contribution in [0, 0.1) is 5.92 Å². The molecule has 118 valence electrons. The Bertz CT molecular complexity index is 579. The number of nitrogens with one attached hydrogen (secondary N) is 1. The summed E-state index contributed by atoms with van der Waals surface area (Å²) >= 11 is 0. The molecule has 1 aliphatic heterocycles. The van der Waals surface area contributed by atoms with Crippen molar-refractivity contribution in [3.8, 4) is 0 Å². The lowest BCUT2D eigenvalue weighted by molar-refractivity contribution is 0.182. The number of fused-ring (bicyclic) bond motifs is 1. The second-order valence-corrected chi connectivity index (χ2v) is 6.18. The Morgan fingerprint density at radius 3 is 2.82 bits per heavy atom. The predicted molar refractivity (Wildman–Crippen MR) is 86.4 cm³/mol. The summed E-state index contributed by atoms with van der Waals surface area (Å²) in [7, 11) is 0. The van der Waals surface area contributed by atoms with Gasteiger partial charge in [0, 0.05) is 50.8 Å². The third-order valence-corrected chi connectivity index (χ3v) is 4.23. The van der Waals surface area contributed by atoms with E-state index in [-0.39, 0.29) is 0 Å². The van der Waals surface area contributed by atoms with Crippen LogP contribution >= 0.6 is 0 Å². The van der Waals surface area contributed by atoms with Gasteiger partial charge in [0.05, 0.1) is 5.69 Å². The molecule has 3 rings (SSSR count). The maximum atomic E-state index is 4.47. The van der Waals surface area contributed by atoms with Crippen molar-refractivity contribution in [1.82, 2.24) is 24.6 Å². The molecule has 0 saturated heterocycles. The van der Waals surface area contributed by atoms with Gasteiger partial charge in [0.15, 0.2) is 0 Å². The third kappa shape index (κ3) is 3.62. The molecule has 22 heavy (non-hydrogen) atoms. The fraction of sp³-hybridized carbons (Fsp3) is 0.562. The van der Waals surface area contributed by atoms with E-state index in [9.17, 15) is 0 Å². The van der Waals surface area contributed by atoms with Crippen LogP contribution in [0.1, 0.15) is 26.0 Å². The number of hydrogen-bond acceptors (Lipinski definition) is 5. The van der Waals surface area contributed by atoms with Crippen molar-refractivity contribution in [2.24, 2.45) is 5.92 Å². The topological polar surface area (TPSA) is 58.9 Å². The van der Waals surface area contributed by atoms with Crippen molar-refractivity contribution < 1.29 is 0 Å². The predicted octanol–water partition coefficient (Wildman–Crippen LogP) is 2.02. The molecule has 0 unspecified atom stereocenters. The fourth-order valence-corrected chi connectivity index (χ4v) is 2.92. The molecule has 0 amide bonds. The van der Waals surface area contributed by atoms with Crippen molar-refractivity contribution in [3.05, 3.63) is 36.4 Å². The summed E-state index contributed by atoms with van der Waals surface area (Å²) in [4.78, 5) is 10.9. The zero-order chi connectivity index (χ0) is 15.4. The first-order chi connectivity index (χ1) is 10.7. The Morgan fingerprint density at radius 2 is 2.05 bits per heavy atom. The van der Waals surface area contributed by atoms with E-state index in [2.05, 4.69) is 49.9 Å². The van der Waals surface area contributed by atoms with Gasteiger partial charge < -0.3 is 5.32 Å². The Balaban J connectivity index is 1.60. The number of nitrogens with zero attached hydrogens (tertiary/aromatic N) is 5. The monoisotopic (exact) mass is 300 g/mol. The average Bonchev–Trinajstić information content (AvgIpc) is 2.87. The van der Waals surface area contributed by atoms with E-state index in [1.54, 1.807) is 12.4 Å². The molecule has 0 saturated carbocycles. The van der Waals surface area contributed by atoms with Crippen LogP contribution in [0.4, 0.5) is 5.95 Å². The molecule has 1 atom stereocenters. The van der Waals surface area contributed by atoms with Gasteiger partial charge in [-0.15, -0.1) is 0 Å². The maximum absolute atomic E-state index is 4.47. The number of rotatable bonds is 5. The number of aromatic nitrogens is 4. The highest BCUT2D eigenvalue weighted by Gasteiger charge is 2.23. The summed E-state index contributed by atoms with van der Waals surface area (Å²) in [6.07, 6.45) is 6.52. The molecule has 2 aromatic rings. The standard InChI is InChI=1S/C16H24N6/c1-13(2)21-10-14(11-22-15(12-21)5-9-20-22)4-8-19-16-17-6-3-7-18-16/h3,5-7,9,13-14H,4,8,10-12H2,1-2H3,(H,17,18,19)/t14-/m1/s1. The highest BCUT2D eigenvalue weighted by molar-refractivity contribution is 5.21. The lowest BCUT2D eigenvalue weighted by Crippen LogP contribution is -2.34. The number of anilines is 1. The lowest BCUT2D eigenvalue weighted by atomic mass is 10.0. The van der Waals surface area contributed by atoms with Crippen molar-refractivity contribution in [1.29, 1.82) is 0 Å². The Labute approximate surface area is 131 Å². The summed E-state index contributed by atoms with van der Waals surface area (Å²) in [5.74, 6) is 1.29.